The summed E-state index contributed by atoms with van der Waals surface area (Å²) in [6.45, 7) is 4.53. The minimum absolute atomic E-state index is 0.0555. The minimum atomic E-state index is -3.74. The number of rotatable bonds is 4. The van der Waals surface area contributed by atoms with E-state index >= 15 is 0 Å². The number of benzene rings is 1. The molecule has 1 amide bonds. The number of nitrogens with one attached hydrogen (secondary N) is 1. The third kappa shape index (κ3) is 4.45. The average Bonchev–Trinajstić information content (AvgIpc) is 2.61. The molecule has 1 aromatic heterocycles. The Morgan fingerprint density at radius 2 is 1.70 bits per heavy atom. The molecule has 27 heavy (non-hydrogen) atoms. The number of carbonyl (C=O) groups excluding carboxylic acids is 1. The van der Waals surface area contributed by atoms with Crippen molar-refractivity contribution in [2.45, 2.75) is 38.0 Å². The fourth-order valence-corrected chi connectivity index (χ4v) is 5.06. The van der Waals surface area contributed by atoms with E-state index < -0.39 is 15.9 Å². The quantitative estimate of drug-likeness (QED) is 0.838. The van der Waals surface area contributed by atoms with Gasteiger partial charge in [0.1, 0.15) is 4.90 Å². The summed E-state index contributed by atoms with van der Waals surface area (Å²) in [4.78, 5) is 20.8. The van der Waals surface area contributed by atoms with Gasteiger partial charge >= 0.3 is 0 Å². The Balaban J connectivity index is 1.89. The molecule has 0 unspecified atom stereocenters. The Morgan fingerprint density at radius 3 is 2.33 bits per heavy atom. The Morgan fingerprint density at radius 1 is 1.07 bits per heavy atom. The van der Waals surface area contributed by atoms with Crippen LogP contribution in [-0.2, 0) is 10.0 Å². The molecule has 2 aromatic rings. The molecule has 3 rings (SSSR count). The highest BCUT2D eigenvalue weighted by Crippen LogP contribution is 2.28. The van der Waals surface area contributed by atoms with Crippen LogP contribution in [0.2, 0.25) is 5.02 Å². The molecule has 0 saturated carbocycles. The van der Waals surface area contributed by atoms with Crippen molar-refractivity contribution in [1.82, 2.24) is 14.3 Å². The topological polar surface area (TPSA) is 92.3 Å². The second-order valence-electron chi connectivity index (χ2n) is 6.54. The summed E-state index contributed by atoms with van der Waals surface area (Å²) in [5.74, 6) is -0.320. The van der Waals surface area contributed by atoms with Crippen molar-refractivity contribution in [1.29, 1.82) is 0 Å². The number of anilines is 1. The number of nitrogens with zero attached hydrogens (tertiary/aromatic N) is 3. The number of aromatic nitrogens is 2. The lowest BCUT2D eigenvalue weighted by Crippen LogP contribution is -2.35. The van der Waals surface area contributed by atoms with Gasteiger partial charge in [-0.15, -0.1) is 0 Å². The Hall–Kier alpha value is -2.03. The van der Waals surface area contributed by atoms with Gasteiger partial charge in [0.25, 0.3) is 5.91 Å². The fraction of sp³-hybridized carbons (Fsp3) is 0.389. The third-order valence-corrected chi connectivity index (χ3v) is 6.71. The first-order valence-electron chi connectivity index (χ1n) is 8.71. The second kappa shape index (κ2) is 7.92. The monoisotopic (exact) mass is 408 g/mol. The van der Waals surface area contributed by atoms with E-state index in [1.165, 1.54) is 22.5 Å². The van der Waals surface area contributed by atoms with Gasteiger partial charge in [0, 0.05) is 30.0 Å². The summed E-state index contributed by atoms with van der Waals surface area (Å²) in [6.07, 6.45) is 2.65. The van der Waals surface area contributed by atoms with E-state index in [0.29, 0.717) is 13.1 Å². The lowest BCUT2D eigenvalue weighted by molar-refractivity contribution is 0.102. The molecular formula is C18H21ClN4O3S. The van der Waals surface area contributed by atoms with Crippen LogP contribution >= 0.6 is 11.6 Å². The Kier molecular flexibility index (Phi) is 5.78. The maximum atomic E-state index is 12.9. The highest BCUT2D eigenvalue weighted by atomic mass is 35.5. The number of hydrogen-bond donors (Lipinski definition) is 1. The molecule has 0 bridgehead atoms. The largest absolute Gasteiger partial charge is 0.290 e. The number of carbonyl (C=O) groups is 1. The molecule has 1 fully saturated rings. The van der Waals surface area contributed by atoms with Crippen LogP contribution in [0.3, 0.4) is 0 Å². The Labute approximate surface area is 163 Å². The van der Waals surface area contributed by atoms with E-state index in [4.69, 9.17) is 11.6 Å². The predicted molar refractivity (Wildman–Crippen MR) is 104 cm³/mol. The van der Waals surface area contributed by atoms with Crippen LogP contribution in [0.4, 0.5) is 5.95 Å². The molecule has 1 N–H and O–H groups in total. The van der Waals surface area contributed by atoms with Crippen molar-refractivity contribution >= 4 is 33.5 Å². The highest BCUT2D eigenvalue weighted by molar-refractivity contribution is 7.89. The molecule has 1 aliphatic rings. The first-order chi connectivity index (χ1) is 12.8. The average molecular weight is 409 g/mol. The molecule has 1 saturated heterocycles. The zero-order chi connectivity index (χ0) is 19.6. The smallest absolute Gasteiger partial charge is 0.258 e. The number of halogens is 1. The van der Waals surface area contributed by atoms with Gasteiger partial charge in [0.15, 0.2) is 0 Å². The highest BCUT2D eigenvalue weighted by Gasteiger charge is 2.28. The lowest BCUT2D eigenvalue weighted by atomic mass is 10.2. The summed E-state index contributed by atoms with van der Waals surface area (Å²) in [7, 11) is -3.74. The van der Waals surface area contributed by atoms with Gasteiger partial charge in [-0.2, -0.15) is 4.31 Å². The SMILES string of the molecule is Cc1cc(C)nc(NC(=O)c2ccc(Cl)c(S(=O)(=O)N3CCCCC3)c2)n1. The molecule has 1 aromatic carbocycles. The van der Waals surface area contributed by atoms with Crippen molar-refractivity contribution in [3.05, 3.63) is 46.2 Å². The summed E-state index contributed by atoms with van der Waals surface area (Å²) in [5.41, 5.74) is 1.63. The summed E-state index contributed by atoms with van der Waals surface area (Å²) >= 11 is 6.14. The molecule has 144 valence electrons. The van der Waals surface area contributed by atoms with E-state index in [1.54, 1.807) is 19.9 Å². The Bertz CT molecular complexity index is 952. The second-order valence-corrected chi connectivity index (χ2v) is 8.85. The van der Waals surface area contributed by atoms with Crippen molar-refractivity contribution in [3.8, 4) is 0 Å². The first-order valence-corrected chi connectivity index (χ1v) is 10.5. The van der Waals surface area contributed by atoms with Gasteiger partial charge < -0.3 is 0 Å². The van der Waals surface area contributed by atoms with Crippen molar-refractivity contribution in [3.63, 3.8) is 0 Å². The van der Waals surface area contributed by atoms with E-state index in [9.17, 15) is 13.2 Å². The van der Waals surface area contributed by atoms with Crippen LogP contribution in [0.5, 0.6) is 0 Å². The molecule has 7 nitrogen and oxygen atoms in total. The zero-order valence-electron chi connectivity index (χ0n) is 15.2. The van der Waals surface area contributed by atoms with Gasteiger partial charge in [-0.3, -0.25) is 10.1 Å². The van der Waals surface area contributed by atoms with Gasteiger partial charge in [-0.1, -0.05) is 18.0 Å². The number of sulfonamides is 1. The summed E-state index contributed by atoms with van der Waals surface area (Å²) < 4.78 is 27.3. The molecule has 0 spiro atoms. The number of aryl methyl sites for hydroxylation is 2. The third-order valence-electron chi connectivity index (χ3n) is 4.33. The van der Waals surface area contributed by atoms with Crippen LogP contribution < -0.4 is 5.32 Å². The number of hydrogen-bond acceptors (Lipinski definition) is 5. The predicted octanol–water partition coefficient (Wildman–Crippen LogP) is 3.17. The molecular weight excluding hydrogens is 388 g/mol. The number of amides is 1. The van der Waals surface area contributed by atoms with Crippen LogP contribution in [0.1, 0.15) is 41.0 Å². The van der Waals surface area contributed by atoms with Crippen LogP contribution in [0, 0.1) is 13.8 Å². The van der Waals surface area contributed by atoms with Crippen molar-refractivity contribution in [2.75, 3.05) is 18.4 Å². The lowest BCUT2D eigenvalue weighted by Gasteiger charge is -2.26. The maximum absolute atomic E-state index is 12.9. The molecule has 0 aliphatic carbocycles. The van der Waals surface area contributed by atoms with E-state index in [2.05, 4.69) is 15.3 Å². The van der Waals surface area contributed by atoms with Crippen LogP contribution in [-0.4, -0.2) is 41.7 Å². The van der Waals surface area contributed by atoms with Crippen LogP contribution in [0.25, 0.3) is 0 Å². The van der Waals surface area contributed by atoms with E-state index in [-0.39, 0.29) is 21.4 Å². The molecule has 1 aliphatic heterocycles. The summed E-state index contributed by atoms with van der Waals surface area (Å²) in [5, 5.41) is 2.70. The van der Waals surface area contributed by atoms with Crippen molar-refractivity contribution in [2.24, 2.45) is 0 Å². The molecule has 2 heterocycles. The van der Waals surface area contributed by atoms with Gasteiger partial charge in [-0.25, -0.2) is 18.4 Å². The maximum Gasteiger partial charge on any atom is 0.258 e. The van der Waals surface area contributed by atoms with Gasteiger partial charge in [0.2, 0.25) is 16.0 Å². The molecule has 9 heteroatoms. The summed E-state index contributed by atoms with van der Waals surface area (Å²) in [6, 6.07) is 6.01. The fourth-order valence-electron chi connectivity index (χ4n) is 3.04. The van der Waals surface area contributed by atoms with Gasteiger partial charge in [0.05, 0.1) is 5.02 Å². The standard InChI is InChI=1S/C18H21ClN4O3S/c1-12-10-13(2)21-18(20-12)22-17(24)14-6-7-15(19)16(11-14)27(25,26)23-8-4-3-5-9-23/h6-7,10-11H,3-5,8-9H2,1-2H3,(H,20,21,22,24). The van der Waals surface area contributed by atoms with E-state index in [0.717, 1.165) is 30.7 Å². The van der Waals surface area contributed by atoms with Gasteiger partial charge in [-0.05, 0) is 51.0 Å². The molecule has 0 radical (unpaired) electrons. The molecule has 0 atom stereocenters. The van der Waals surface area contributed by atoms with E-state index in [1.807, 2.05) is 0 Å². The first kappa shape index (κ1) is 19.7. The zero-order valence-corrected chi connectivity index (χ0v) is 16.8. The van der Waals surface area contributed by atoms with Crippen molar-refractivity contribution < 1.29 is 13.2 Å². The minimum Gasteiger partial charge on any atom is -0.290 e. The number of piperidine rings is 1. The van der Waals surface area contributed by atoms with Crippen LogP contribution in [0.15, 0.2) is 29.2 Å². The normalized spacial score (nSPS) is 15.5.